The van der Waals surface area contributed by atoms with Crippen LogP contribution >= 0.6 is 15.9 Å². The van der Waals surface area contributed by atoms with E-state index < -0.39 is 15.8 Å². The van der Waals surface area contributed by atoms with Crippen LogP contribution in [0.15, 0.2) is 63.0 Å². The fraction of sp³-hybridized carbons (Fsp3) is 0.0476. The zero-order chi connectivity index (χ0) is 23.4. The lowest BCUT2D eigenvalue weighted by Crippen LogP contribution is -2.13. The predicted molar refractivity (Wildman–Crippen MR) is 119 cm³/mol. The molecule has 0 saturated heterocycles. The second-order valence-electron chi connectivity index (χ2n) is 6.50. The van der Waals surface area contributed by atoms with Crippen LogP contribution in [-0.4, -0.2) is 15.8 Å². The summed E-state index contributed by atoms with van der Waals surface area (Å²) in [5.41, 5.74) is 1.06. The summed E-state index contributed by atoms with van der Waals surface area (Å²) in [6, 6.07) is 13.1. The molecule has 1 heterocycles. The molecule has 0 saturated carbocycles. The van der Waals surface area contributed by atoms with E-state index in [0.29, 0.717) is 16.9 Å². The number of carbonyl (C=O) groups excluding carboxylic acids is 1. The van der Waals surface area contributed by atoms with Crippen molar-refractivity contribution in [3.63, 3.8) is 0 Å². The van der Waals surface area contributed by atoms with Crippen LogP contribution in [0, 0.1) is 38.5 Å². The Morgan fingerprint density at radius 1 is 1.09 bits per heavy atom. The van der Waals surface area contributed by atoms with Gasteiger partial charge in [0.2, 0.25) is 0 Å². The number of non-ortho nitro benzene ring substituents is 2. The maximum Gasteiger partial charge on any atom is 0.270 e. The summed E-state index contributed by atoms with van der Waals surface area (Å²) in [5, 5.41) is 33.6. The van der Waals surface area contributed by atoms with Gasteiger partial charge in [-0.25, -0.2) is 0 Å². The van der Waals surface area contributed by atoms with Gasteiger partial charge in [-0.2, -0.15) is 5.26 Å². The van der Waals surface area contributed by atoms with Crippen molar-refractivity contribution in [2.75, 3.05) is 5.32 Å². The molecule has 1 aromatic heterocycles. The molecule has 160 valence electrons. The lowest BCUT2D eigenvalue weighted by Gasteiger charge is -2.06. The number of hydrogen-bond acceptors (Lipinski definition) is 7. The summed E-state index contributed by atoms with van der Waals surface area (Å²) in [7, 11) is 0. The smallest absolute Gasteiger partial charge is 0.270 e. The third kappa shape index (κ3) is 4.88. The molecule has 0 atom stereocenters. The normalized spacial score (nSPS) is 11.0. The quantitative estimate of drug-likeness (QED) is 0.208. The van der Waals surface area contributed by atoms with Gasteiger partial charge in [0.05, 0.1) is 15.5 Å². The molecule has 0 aliphatic carbocycles. The number of nitro groups is 2. The van der Waals surface area contributed by atoms with Crippen molar-refractivity contribution in [2.45, 2.75) is 6.92 Å². The average Bonchev–Trinajstić information content (AvgIpc) is 3.21. The average molecular weight is 497 g/mol. The molecule has 0 aliphatic heterocycles. The number of halogens is 1. The maximum absolute atomic E-state index is 12.5. The number of nitrogens with one attached hydrogen (secondary N) is 1. The Morgan fingerprint density at radius 2 is 1.75 bits per heavy atom. The summed E-state index contributed by atoms with van der Waals surface area (Å²) in [5.74, 6) is -0.0850. The van der Waals surface area contributed by atoms with Crippen LogP contribution < -0.4 is 5.32 Å². The van der Waals surface area contributed by atoms with Crippen molar-refractivity contribution in [3.8, 4) is 17.4 Å². The van der Waals surface area contributed by atoms with Crippen molar-refractivity contribution in [2.24, 2.45) is 0 Å². The van der Waals surface area contributed by atoms with E-state index in [4.69, 9.17) is 4.42 Å². The first-order valence-corrected chi connectivity index (χ1v) is 9.71. The van der Waals surface area contributed by atoms with Gasteiger partial charge in [0.1, 0.15) is 23.2 Å². The third-order valence-electron chi connectivity index (χ3n) is 4.38. The standard InChI is InChI=1S/C21H13BrN4O6/c1-12-8-14(25(28)29)2-5-17(12)20-7-4-16(32-20)9-13(11-23)21(27)24-19-6-3-15(26(30)31)10-18(19)22/h2-10H,1H3,(H,24,27)/b13-9+. The second kappa shape index (κ2) is 9.23. The molecule has 1 amide bonds. The number of hydrogen-bond donors (Lipinski definition) is 1. The number of nitrogens with zero attached hydrogens (tertiary/aromatic N) is 3. The Bertz CT molecular complexity index is 1320. The molecule has 10 nitrogen and oxygen atoms in total. The Kier molecular flexibility index (Phi) is 6.46. The highest BCUT2D eigenvalue weighted by atomic mass is 79.9. The third-order valence-corrected chi connectivity index (χ3v) is 5.03. The fourth-order valence-corrected chi connectivity index (χ4v) is 3.28. The monoisotopic (exact) mass is 496 g/mol. The zero-order valence-corrected chi connectivity index (χ0v) is 18.0. The number of furan rings is 1. The number of aryl methyl sites for hydroxylation is 1. The Balaban J connectivity index is 1.82. The highest BCUT2D eigenvalue weighted by molar-refractivity contribution is 9.10. The van der Waals surface area contributed by atoms with Crippen LogP contribution in [0.25, 0.3) is 17.4 Å². The summed E-state index contributed by atoms with van der Waals surface area (Å²) >= 11 is 3.15. The molecule has 0 aliphatic rings. The molecule has 3 aromatic rings. The Hall–Kier alpha value is -4.30. The van der Waals surface area contributed by atoms with Gasteiger partial charge in [-0.1, -0.05) is 0 Å². The largest absolute Gasteiger partial charge is 0.457 e. The SMILES string of the molecule is Cc1cc([N+](=O)[O-])ccc1-c1ccc(/C=C(\C#N)C(=O)Nc2ccc([N+](=O)[O-])cc2Br)o1. The first-order valence-electron chi connectivity index (χ1n) is 8.92. The number of nitro benzene ring substituents is 2. The number of carbonyl (C=O) groups is 1. The van der Waals surface area contributed by atoms with Gasteiger partial charge in [-0.3, -0.25) is 25.0 Å². The highest BCUT2D eigenvalue weighted by Gasteiger charge is 2.16. The maximum atomic E-state index is 12.5. The van der Waals surface area contributed by atoms with Crippen LogP contribution in [0.1, 0.15) is 11.3 Å². The first kappa shape index (κ1) is 22.4. The van der Waals surface area contributed by atoms with E-state index in [1.165, 1.54) is 36.4 Å². The molecule has 3 rings (SSSR count). The van der Waals surface area contributed by atoms with Gasteiger partial charge in [0, 0.05) is 40.4 Å². The van der Waals surface area contributed by atoms with Crippen LogP contribution in [0.5, 0.6) is 0 Å². The molecule has 32 heavy (non-hydrogen) atoms. The van der Waals surface area contributed by atoms with E-state index in [-0.39, 0.29) is 32.9 Å². The van der Waals surface area contributed by atoms with Gasteiger partial charge >= 0.3 is 0 Å². The zero-order valence-electron chi connectivity index (χ0n) is 16.4. The van der Waals surface area contributed by atoms with E-state index >= 15 is 0 Å². The van der Waals surface area contributed by atoms with Crippen LogP contribution in [-0.2, 0) is 4.79 Å². The first-order chi connectivity index (χ1) is 15.2. The molecule has 1 N–H and O–H groups in total. The molecule has 11 heteroatoms. The van der Waals surface area contributed by atoms with Crippen LogP contribution in [0.3, 0.4) is 0 Å². The minimum atomic E-state index is -0.730. The molecule has 2 aromatic carbocycles. The minimum absolute atomic E-state index is 0.0428. The van der Waals surface area contributed by atoms with Crippen molar-refractivity contribution >= 4 is 45.0 Å². The number of rotatable bonds is 6. The van der Waals surface area contributed by atoms with E-state index in [9.17, 15) is 30.3 Å². The summed E-state index contributed by atoms with van der Waals surface area (Å²) in [6.07, 6.45) is 1.25. The molecule has 0 unspecified atom stereocenters. The van der Waals surface area contributed by atoms with Crippen molar-refractivity contribution in [1.82, 2.24) is 0 Å². The predicted octanol–water partition coefficient (Wildman–Crippen LogP) is 5.38. The molecular weight excluding hydrogens is 484 g/mol. The summed E-state index contributed by atoms with van der Waals surface area (Å²) < 4.78 is 5.97. The molecular formula is C21H13BrN4O6. The molecule has 0 bridgehead atoms. The number of benzene rings is 2. The molecule has 0 radical (unpaired) electrons. The van der Waals surface area contributed by atoms with E-state index in [0.717, 1.165) is 0 Å². The van der Waals surface area contributed by atoms with Gasteiger partial charge in [-0.05, 0) is 52.7 Å². The minimum Gasteiger partial charge on any atom is -0.457 e. The lowest BCUT2D eigenvalue weighted by molar-refractivity contribution is -0.385. The second-order valence-corrected chi connectivity index (χ2v) is 7.36. The van der Waals surface area contributed by atoms with Gasteiger partial charge < -0.3 is 9.73 Å². The Labute approximate surface area is 189 Å². The van der Waals surface area contributed by atoms with E-state index in [1.54, 1.807) is 31.2 Å². The molecule has 0 fully saturated rings. The van der Waals surface area contributed by atoms with Crippen molar-refractivity contribution < 1.29 is 19.1 Å². The van der Waals surface area contributed by atoms with Crippen LogP contribution in [0.4, 0.5) is 17.1 Å². The van der Waals surface area contributed by atoms with E-state index in [1.807, 2.05) is 0 Å². The van der Waals surface area contributed by atoms with Gasteiger partial charge in [-0.15, -0.1) is 0 Å². The van der Waals surface area contributed by atoms with Gasteiger partial charge in [0.25, 0.3) is 17.3 Å². The lowest BCUT2D eigenvalue weighted by atomic mass is 10.1. The van der Waals surface area contributed by atoms with Gasteiger partial charge in [0.15, 0.2) is 0 Å². The van der Waals surface area contributed by atoms with Crippen LogP contribution in [0.2, 0.25) is 0 Å². The highest BCUT2D eigenvalue weighted by Crippen LogP contribution is 2.30. The molecule has 0 spiro atoms. The number of nitriles is 1. The Morgan fingerprint density at radius 3 is 2.34 bits per heavy atom. The summed E-state index contributed by atoms with van der Waals surface area (Å²) in [4.78, 5) is 33.1. The fourth-order valence-electron chi connectivity index (χ4n) is 2.81. The number of amides is 1. The van der Waals surface area contributed by atoms with Crippen molar-refractivity contribution in [3.05, 3.63) is 90.1 Å². The summed E-state index contributed by atoms with van der Waals surface area (Å²) in [6.45, 7) is 1.70. The van der Waals surface area contributed by atoms with Crippen molar-refractivity contribution in [1.29, 1.82) is 5.26 Å². The number of anilines is 1. The topological polar surface area (TPSA) is 152 Å². The van der Waals surface area contributed by atoms with E-state index in [2.05, 4.69) is 21.2 Å².